The number of allylic oxidation sites excluding steroid dienone is 1. The fraction of sp³-hybridized carbons (Fsp3) is 0.250. The summed E-state index contributed by atoms with van der Waals surface area (Å²) in [6, 6.07) is 7.90. The molecule has 0 fully saturated rings. The average Bonchev–Trinajstić information content (AvgIpc) is 2.18. The van der Waals surface area contributed by atoms with Crippen LogP contribution in [0.3, 0.4) is 0 Å². The van der Waals surface area contributed by atoms with Crippen molar-refractivity contribution < 1.29 is 9.50 Å². The normalized spacial score (nSPS) is 14.8. The Morgan fingerprint density at radius 1 is 1.53 bits per heavy atom. The highest BCUT2D eigenvalue weighted by Gasteiger charge is 2.24. The molecule has 1 aromatic rings. The number of nitrogens with zero attached hydrogens (tertiary/aromatic N) is 1. The van der Waals surface area contributed by atoms with E-state index in [0.29, 0.717) is 0 Å². The minimum absolute atomic E-state index is 0.210. The van der Waals surface area contributed by atoms with Gasteiger partial charge in [0.05, 0.1) is 11.7 Å². The summed E-state index contributed by atoms with van der Waals surface area (Å²) in [5, 5.41) is 18.3. The lowest BCUT2D eigenvalue weighted by Crippen LogP contribution is -2.21. The van der Waals surface area contributed by atoms with Gasteiger partial charge >= 0.3 is 0 Å². The summed E-state index contributed by atoms with van der Waals surface area (Å²) in [4.78, 5) is 0. The first kappa shape index (κ1) is 11.4. The lowest BCUT2D eigenvalue weighted by molar-refractivity contribution is 0.0567. The fourth-order valence-corrected chi connectivity index (χ4v) is 1.35. The molecule has 0 spiro atoms. The second kappa shape index (κ2) is 4.72. The summed E-state index contributed by atoms with van der Waals surface area (Å²) < 4.78 is 13.3. The molecule has 15 heavy (non-hydrogen) atoms. The number of rotatable bonds is 3. The largest absolute Gasteiger partial charge is 0.385 e. The summed E-state index contributed by atoms with van der Waals surface area (Å²) in [6.45, 7) is 1.52. The van der Waals surface area contributed by atoms with E-state index < -0.39 is 11.4 Å². The first-order valence-corrected chi connectivity index (χ1v) is 4.60. The molecule has 1 N–H and O–H groups in total. The molecule has 1 atom stereocenters. The highest BCUT2D eigenvalue weighted by atomic mass is 19.1. The average molecular weight is 205 g/mol. The second-order valence-corrected chi connectivity index (χ2v) is 3.49. The van der Waals surface area contributed by atoms with Gasteiger partial charge in [-0.25, -0.2) is 4.39 Å². The predicted octanol–water partition coefficient (Wildman–Crippen LogP) is 2.50. The van der Waals surface area contributed by atoms with Gasteiger partial charge in [-0.2, -0.15) is 5.26 Å². The first-order chi connectivity index (χ1) is 7.08. The molecule has 0 radical (unpaired) electrons. The van der Waals surface area contributed by atoms with E-state index in [1.54, 1.807) is 12.1 Å². The van der Waals surface area contributed by atoms with Crippen molar-refractivity contribution in [3.8, 4) is 6.07 Å². The van der Waals surface area contributed by atoms with Crippen LogP contribution in [-0.2, 0) is 5.60 Å². The van der Waals surface area contributed by atoms with E-state index >= 15 is 0 Å². The molecular formula is C12H12FNO. The van der Waals surface area contributed by atoms with Crippen LogP contribution in [0.15, 0.2) is 36.4 Å². The quantitative estimate of drug-likeness (QED) is 0.770. The van der Waals surface area contributed by atoms with Crippen LogP contribution < -0.4 is 0 Å². The molecule has 0 aliphatic heterocycles. The second-order valence-electron chi connectivity index (χ2n) is 3.49. The highest BCUT2D eigenvalue weighted by Crippen LogP contribution is 2.26. The van der Waals surface area contributed by atoms with Gasteiger partial charge in [0.25, 0.3) is 0 Å². The van der Waals surface area contributed by atoms with Crippen LogP contribution in [-0.4, -0.2) is 5.11 Å². The number of nitriles is 1. The maximum Gasteiger partial charge on any atom is 0.129 e. The molecule has 78 valence electrons. The van der Waals surface area contributed by atoms with Crippen molar-refractivity contribution in [3.05, 3.63) is 47.8 Å². The van der Waals surface area contributed by atoms with Crippen molar-refractivity contribution in [1.82, 2.24) is 0 Å². The minimum Gasteiger partial charge on any atom is -0.385 e. The van der Waals surface area contributed by atoms with Crippen LogP contribution in [0.1, 0.15) is 18.9 Å². The monoisotopic (exact) mass is 205 g/mol. The maximum atomic E-state index is 13.3. The van der Waals surface area contributed by atoms with Crippen LogP contribution in [0, 0.1) is 17.1 Å². The van der Waals surface area contributed by atoms with Gasteiger partial charge in [0.15, 0.2) is 0 Å². The molecule has 1 aromatic carbocycles. The molecule has 0 unspecified atom stereocenters. The van der Waals surface area contributed by atoms with Gasteiger partial charge in [-0.1, -0.05) is 24.3 Å². The molecule has 0 saturated carbocycles. The summed E-state index contributed by atoms with van der Waals surface area (Å²) in [5.74, 6) is -0.437. The SMILES string of the molecule is C[C@](O)(C/C=C\C#N)c1ccccc1F. The molecule has 3 heteroatoms. The summed E-state index contributed by atoms with van der Waals surface area (Å²) >= 11 is 0. The molecular weight excluding hydrogens is 193 g/mol. The van der Waals surface area contributed by atoms with Gasteiger partial charge in [-0.15, -0.1) is 0 Å². The zero-order valence-electron chi connectivity index (χ0n) is 8.44. The van der Waals surface area contributed by atoms with E-state index in [9.17, 15) is 9.50 Å². The van der Waals surface area contributed by atoms with E-state index in [2.05, 4.69) is 0 Å². The third-order valence-corrected chi connectivity index (χ3v) is 2.16. The van der Waals surface area contributed by atoms with E-state index in [4.69, 9.17) is 5.26 Å². The Hall–Kier alpha value is -1.66. The summed E-state index contributed by atoms with van der Waals surface area (Å²) in [6.07, 6.45) is 3.00. The fourth-order valence-electron chi connectivity index (χ4n) is 1.35. The molecule has 0 aliphatic rings. The van der Waals surface area contributed by atoms with E-state index in [-0.39, 0.29) is 12.0 Å². The molecule has 0 saturated heterocycles. The zero-order chi connectivity index (χ0) is 11.3. The van der Waals surface area contributed by atoms with Gasteiger partial charge < -0.3 is 5.11 Å². The number of halogens is 1. The zero-order valence-corrected chi connectivity index (χ0v) is 8.44. The lowest BCUT2D eigenvalue weighted by atomic mass is 9.92. The van der Waals surface area contributed by atoms with Crippen LogP contribution in [0.2, 0.25) is 0 Å². The van der Waals surface area contributed by atoms with Crippen LogP contribution >= 0.6 is 0 Å². The Morgan fingerprint density at radius 3 is 2.80 bits per heavy atom. The van der Waals surface area contributed by atoms with Crippen molar-refractivity contribution in [2.24, 2.45) is 0 Å². The van der Waals surface area contributed by atoms with Crippen LogP contribution in [0.25, 0.3) is 0 Å². The molecule has 0 aliphatic carbocycles. The number of benzene rings is 1. The smallest absolute Gasteiger partial charge is 0.129 e. The van der Waals surface area contributed by atoms with Crippen molar-refractivity contribution in [2.75, 3.05) is 0 Å². The highest BCUT2D eigenvalue weighted by molar-refractivity contribution is 5.24. The number of aliphatic hydroxyl groups is 1. The molecule has 0 amide bonds. The first-order valence-electron chi connectivity index (χ1n) is 4.60. The lowest BCUT2D eigenvalue weighted by Gasteiger charge is -2.22. The van der Waals surface area contributed by atoms with Gasteiger partial charge in [-0.05, 0) is 19.4 Å². The molecule has 0 bridgehead atoms. The standard InChI is InChI=1S/C12H12FNO/c1-12(15,8-4-5-9-14)10-6-2-3-7-11(10)13/h2-7,15H,8H2,1H3/b5-4-/t12-/m0/s1. The Kier molecular flexibility index (Phi) is 3.59. The Bertz CT molecular complexity index is 404. The van der Waals surface area contributed by atoms with Crippen molar-refractivity contribution in [3.63, 3.8) is 0 Å². The van der Waals surface area contributed by atoms with E-state index in [1.165, 1.54) is 31.2 Å². The minimum atomic E-state index is -1.28. The van der Waals surface area contributed by atoms with E-state index in [1.807, 2.05) is 6.07 Å². The van der Waals surface area contributed by atoms with Gasteiger partial charge in [0.2, 0.25) is 0 Å². The van der Waals surface area contributed by atoms with E-state index in [0.717, 1.165) is 0 Å². The molecule has 1 rings (SSSR count). The van der Waals surface area contributed by atoms with Crippen molar-refractivity contribution in [1.29, 1.82) is 5.26 Å². The number of hydrogen-bond donors (Lipinski definition) is 1. The van der Waals surface area contributed by atoms with Crippen molar-refractivity contribution in [2.45, 2.75) is 18.9 Å². The summed E-state index contributed by atoms with van der Waals surface area (Å²) in [5.41, 5.74) is -1.04. The van der Waals surface area contributed by atoms with Gasteiger partial charge in [-0.3, -0.25) is 0 Å². The molecule has 0 heterocycles. The third-order valence-electron chi connectivity index (χ3n) is 2.16. The third kappa shape index (κ3) is 2.90. The Balaban J connectivity index is 2.91. The topological polar surface area (TPSA) is 44.0 Å². The van der Waals surface area contributed by atoms with Crippen molar-refractivity contribution >= 4 is 0 Å². The Morgan fingerprint density at radius 2 is 2.20 bits per heavy atom. The van der Waals surface area contributed by atoms with Gasteiger partial charge in [0, 0.05) is 11.6 Å². The maximum absolute atomic E-state index is 13.3. The van der Waals surface area contributed by atoms with Crippen LogP contribution in [0.4, 0.5) is 4.39 Å². The van der Waals surface area contributed by atoms with Gasteiger partial charge in [0.1, 0.15) is 5.82 Å². The number of hydrogen-bond acceptors (Lipinski definition) is 2. The summed E-state index contributed by atoms with van der Waals surface area (Å²) in [7, 11) is 0. The molecule has 2 nitrogen and oxygen atoms in total. The molecule has 0 aromatic heterocycles. The predicted molar refractivity (Wildman–Crippen MR) is 55.3 cm³/mol. The Labute approximate surface area is 88.3 Å². The van der Waals surface area contributed by atoms with Crippen LogP contribution in [0.5, 0.6) is 0 Å².